The van der Waals surface area contributed by atoms with E-state index < -0.39 is 21.8 Å². The van der Waals surface area contributed by atoms with Crippen molar-refractivity contribution in [3.63, 3.8) is 0 Å². The Balaban J connectivity index is 1.16. The molecule has 1 saturated heterocycles. The van der Waals surface area contributed by atoms with Gasteiger partial charge in [0.05, 0.1) is 11.8 Å². The second-order valence-corrected chi connectivity index (χ2v) is 14.6. The highest BCUT2D eigenvalue weighted by Crippen LogP contribution is 2.45. The van der Waals surface area contributed by atoms with E-state index in [1.807, 2.05) is 24.3 Å². The molecular weight excluding hydrogens is 621 g/mol. The van der Waals surface area contributed by atoms with Crippen molar-refractivity contribution >= 4 is 44.9 Å². The second-order valence-electron chi connectivity index (χ2n) is 11.9. The molecule has 2 aliphatic carbocycles. The molecule has 1 N–H and O–H groups in total. The van der Waals surface area contributed by atoms with Gasteiger partial charge in [0.2, 0.25) is 10.9 Å². The van der Waals surface area contributed by atoms with Crippen LogP contribution in [0.2, 0.25) is 10.0 Å². The molecule has 4 aliphatic rings. The number of benzene rings is 2. The lowest BCUT2D eigenvalue weighted by molar-refractivity contribution is 0.0656. The molecular formula is C33H31Cl2N3O5S. The summed E-state index contributed by atoms with van der Waals surface area (Å²) in [5.74, 6) is -1.40. The number of fused-ring (bicyclic) bond motifs is 1. The Morgan fingerprint density at radius 1 is 0.886 bits per heavy atom. The van der Waals surface area contributed by atoms with Crippen molar-refractivity contribution < 1.29 is 22.7 Å². The van der Waals surface area contributed by atoms with E-state index in [0.717, 1.165) is 29.7 Å². The zero-order valence-electron chi connectivity index (χ0n) is 23.7. The fourth-order valence-electron chi connectivity index (χ4n) is 6.79. The summed E-state index contributed by atoms with van der Waals surface area (Å²) in [5.41, 5.74) is 4.48. The molecule has 8 nitrogen and oxygen atoms in total. The van der Waals surface area contributed by atoms with Crippen LogP contribution >= 0.6 is 23.2 Å². The molecule has 3 heterocycles. The van der Waals surface area contributed by atoms with E-state index in [-0.39, 0.29) is 28.9 Å². The number of sulfonamides is 1. The molecule has 0 amide bonds. The third kappa shape index (κ3) is 5.51. The topological polar surface area (TPSA) is 103 Å². The minimum absolute atomic E-state index is 0.0195. The summed E-state index contributed by atoms with van der Waals surface area (Å²) in [5, 5.41) is 17.6. The summed E-state index contributed by atoms with van der Waals surface area (Å²) in [4.78, 5) is 11.2. The molecule has 2 atom stereocenters. The van der Waals surface area contributed by atoms with Crippen LogP contribution in [0.1, 0.15) is 53.3 Å². The lowest BCUT2D eigenvalue weighted by Gasteiger charge is -2.39. The number of allylic oxidation sites excluding steroid dienone is 3. The van der Waals surface area contributed by atoms with Crippen molar-refractivity contribution in [2.24, 2.45) is 16.9 Å². The normalized spacial score (nSPS) is 22.7. The molecule has 0 bridgehead atoms. The zero-order valence-corrected chi connectivity index (χ0v) is 26.0. The molecule has 1 aromatic heterocycles. The molecule has 2 aliphatic heterocycles. The summed E-state index contributed by atoms with van der Waals surface area (Å²) in [6, 6.07) is 18.9. The number of carboxylic acids is 1. The number of furan rings is 1. The number of hydrazone groups is 1. The van der Waals surface area contributed by atoms with Gasteiger partial charge >= 0.3 is 5.97 Å². The number of halogens is 2. The van der Waals surface area contributed by atoms with Crippen LogP contribution in [0.25, 0.3) is 0 Å². The quantitative estimate of drug-likeness (QED) is 0.286. The first-order valence-corrected chi connectivity index (χ1v) is 17.0. The van der Waals surface area contributed by atoms with Crippen LogP contribution in [0.4, 0.5) is 0 Å². The SMILES string of the molecule is O=C(O)c1ccc(S(=O)(=O)N2CCC(C3C4C=C(C(c5ccc(Cl)cc5)c5ccc(Cl)cc5)C=CC4=NN3C3CC3)CC2)o1. The summed E-state index contributed by atoms with van der Waals surface area (Å²) in [7, 11) is -3.93. The number of carboxylic acid groups (broad SMARTS) is 1. The van der Waals surface area contributed by atoms with Crippen LogP contribution in [0.5, 0.6) is 0 Å². The average Bonchev–Trinajstić information content (AvgIpc) is 3.60. The summed E-state index contributed by atoms with van der Waals surface area (Å²) >= 11 is 12.5. The summed E-state index contributed by atoms with van der Waals surface area (Å²) in [6.07, 6.45) is 10.2. The van der Waals surface area contributed by atoms with Gasteiger partial charge in [0, 0.05) is 41.0 Å². The van der Waals surface area contributed by atoms with Gasteiger partial charge in [-0.15, -0.1) is 0 Å². The molecule has 3 aromatic rings. The number of hydrogen-bond donors (Lipinski definition) is 1. The Hall–Kier alpha value is -3.37. The molecule has 44 heavy (non-hydrogen) atoms. The van der Waals surface area contributed by atoms with Crippen LogP contribution < -0.4 is 0 Å². The van der Waals surface area contributed by atoms with Crippen LogP contribution in [-0.2, 0) is 10.0 Å². The standard InChI is InChI=1S/C33H31Cl2N3O5S/c34-24-6-1-20(2-7-24)31(21-3-8-25(35)9-4-21)23-5-12-28-27(19-23)32(38(36-28)26-10-11-26)22-15-17-37(18-16-22)44(41,42)30-14-13-29(43-30)33(39)40/h1-9,12-14,19,22,26-27,31-32H,10-11,15-18H2,(H,39,40). The van der Waals surface area contributed by atoms with Crippen LogP contribution in [0.3, 0.4) is 0 Å². The highest BCUT2D eigenvalue weighted by Gasteiger charge is 2.48. The van der Waals surface area contributed by atoms with Gasteiger partial charge in [-0.05, 0) is 90.8 Å². The first-order chi connectivity index (χ1) is 21.2. The van der Waals surface area contributed by atoms with E-state index in [1.165, 1.54) is 22.0 Å². The fraction of sp³-hybridized carbons (Fsp3) is 0.333. The molecule has 2 fully saturated rings. The van der Waals surface area contributed by atoms with Gasteiger partial charge in [-0.2, -0.15) is 9.41 Å². The Morgan fingerprint density at radius 2 is 1.50 bits per heavy atom. The number of piperidine rings is 1. The minimum Gasteiger partial charge on any atom is -0.475 e. The number of carbonyl (C=O) groups is 1. The van der Waals surface area contributed by atoms with Gasteiger partial charge in [0.1, 0.15) is 0 Å². The third-order valence-electron chi connectivity index (χ3n) is 9.09. The van der Waals surface area contributed by atoms with Gasteiger partial charge in [0.15, 0.2) is 0 Å². The highest BCUT2D eigenvalue weighted by atomic mass is 35.5. The maximum atomic E-state index is 13.3. The Morgan fingerprint density at radius 3 is 2.05 bits per heavy atom. The van der Waals surface area contributed by atoms with Crippen LogP contribution in [-0.4, -0.2) is 59.7 Å². The Bertz CT molecular complexity index is 1720. The maximum Gasteiger partial charge on any atom is 0.371 e. The van der Waals surface area contributed by atoms with E-state index in [1.54, 1.807) is 0 Å². The lowest BCUT2D eigenvalue weighted by Crippen LogP contribution is -2.47. The molecule has 2 unspecified atom stereocenters. The van der Waals surface area contributed by atoms with Crippen LogP contribution in [0, 0.1) is 11.8 Å². The maximum absolute atomic E-state index is 13.3. The van der Waals surface area contributed by atoms with Gasteiger partial charge in [-0.3, -0.25) is 5.01 Å². The van der Waals surface area contributed by atoms with Crippen molar-refractivity contribution in [1.82, 2.24) is 9.31 Å². The van der Waals surface area contributed by atoms with E-state index in [9.17, 15) is 13.2 Å². The third-order valence-corrected chi connectivity index (χ3v) is 11.4. The first-order valence-electron chi connectivity index (χ1n) is 14.8. The molecule has 2 aromatic carbocycles. The van der Waals surface area contributed by atoms with Gasteiger partial charge in [-0.1, -0.05) is 59.6 Å². The second kappa shape index (κ2) is 11.5. The molecule has 228 valence electrons. The predicted molar refractivity (Wildman–Crippen MR) is 169 cm³/mol. The van der Waals surface area contributed by atoms with Gasteiger partial charge < -0.3 is 9.52 Å². The molecule has 11 heteroatoms. The van der Waals surface area contributed by atoms with Crippen molar-refractivity contribution in [2.45, 2.75) is 48.8 Å². The van der Waals surface area contributed by atoms with Gasteiger partial charge in [0.25, 0.3) is 10.0 Å². The van der Waals surface area contributed by atoms with E-state index in [4.69, 9.17) is 37.8 Å². The fourth-order valence-corrected chi connectivity index (χ4v) is 8.42. The first kappa shape index (κ1) is 29.3. The zero-order chi connectivity index (χ0) is 30.6. The molecule has 0 radical (unpaired) electrons. The number of aromatic carboxylic acids is 1. The highest BCUT2D eigenvalue weighted by molar-refractivity contribution is 7.89. The Kier molecular flexibility index (Phi) is 7.69. The van der Waals surface area contributed by atoms with E-state index in [2.05, 4.69) is 47.5 Å². The molecule has 0 spiro atoms. The monoisotopic (exact) mass is 651 g/mol. The summed E-state index contributed by atoms with van der Waals surface area (Å²) in [6.45, 7) is 0.662. The molecule has 7 rings (SSSR count). The largest absolute Gasteiger partial charge is 0.475 e. The number of rotatable bonds is 8. The number of nitrogens with zero attached hydrogens (tertiary/aromatic N) is 3. The number of hydrogen-bond acceptors (Lipinski definition) is 6. The van der Waals surface area contributed by atoms with Crippen molar-refractivity contribution in [3.05, 3.63) is 111 Å². The van der Waals surface area contributed by atoms with Crippen molar-refractivity contribution in [3.8, 4) is 0 Å². The van der Waals surface area contributed by atoms with Crippen molar-refractivity contribution in [1.29, 1.82) is 0 Å². The van der Waals surface area contributed by atoms with Crippen LogP contribution in [0.15, 0.2) is 99.1 Å². The van der Waals surface area contributed by atoms with E-state index in [0.29, 0.717) is 42.0 Å². The lowest BCUT2D eigenvalue weighted by atomic mass is 9.75. The Labute approximate surface area is 266 Å². The smallest absolute Gasteiger partial charge is 0.371 e. The minimum atomic E-state index is -3.93. The van der Waals surface area contributed by atoms with E-state index >= 15 is 0 Å². The van der Waals surface area contributed by atoms with Crippen molar-refractivity contribution in [2.75, 3.05) is 13.1 Å². The van der Waals surface area contributed by atoms with Gasteiger partial charge in [-0.25, -0.2) is 13.2 Å². The predicted octanol–water partition coefficient (Wildman–Crippen LogP) is 6.83. The summed E-state index contributed by atoms with van der Waals surface area (Å²) < 4.78 is 33.1. The molecule has 1 saturated carbocycles. The average molecular weight is 653 g/mol.